The zero-order valence-corrected chi connectivity index (χ0v) is 12.6. The molecule has 2 heterocycles. The van der Waals surface area contributed by atoms with Gasteiger partial charge in [0.25, 0.3) is 5.91 Å². The van der Waals surface area contributed by atoms with Crippen LogP contribution in [0.15, 0.2) is 18.2 Å². The van der Waals surface area contributed by atoms with Crippen molar-refractivity contribution in [3.63, 3.8) is 0 Å². The van der Waals surface area contributed by atoms with Gasteiger partial charge in [-0.2, -0.15) is 0 Å². The third-order valence-corrected chi connectivity index (χ3v) is 4.70. The lowest BCUT2D eigenvalue weighted by Gasteiger charge is -2.27. The minimum atomic E-state index is -0.249. The number of carbonyl (C=O) groups is 1. The lowest BCUT2D eigenvalue weighted by Crippen LogP contribution is -2.42. The highest BCUT2D eigenvalue weighted by molar-refractivity contribution is 5.99. The van der Waals surface area contributed by atoms with Gasteiger partial charge in [-0.15, -0.1) is 0 Å². The Hall–Kier alpha value is -1.35. The molecule has 2 aliphatic rings. The van der Waals surface area contributed by atoms with Gasteiger partial charge in [-0.1, -0.05) is 32.0 Å². The van der Waals surface area contributed by atoms with Crippen molar-refractivity contribution in [2.75, 3.05) is 18.1 Å². The monoisotopic (exact) mass is 273 g/mol. The van der Waals surface area contributed by atoms with Gasteiger partial charge in [-0.25, -0.2) is 0 Å². The molecule has 3 nitrogen and oxygen atoms in total. The molecule has 0 aromatic heterocycles. The van der Waals surface area contributed by atoms with Gasteiger partial charge in [-0.05, 0) is 42.7 Å². The Labute approximate surface area is 120 Å². The van der Waals surface area contributed by atoms with Crippen LogP contribution in [-0.4, -0.2) is 25.2 Å². The molecule has 0 saturated carbocycles. The van der Waals surface area contributed by atoms with E-state index in [1.165, 1.54) is 11.1 Å². The van der Waals surface area contributed by atoms with Gasteiger partial charge in [0.15, 0.2) is 0 Å². The fourth-order valence-electron chi connectivity index (χ4n) is 3.57. The SMILES string of the molecule is Cc1cccc2c1N(C(=O)[C@@H]1OCC[C@@H]1C(C)C)CC2. The van der Waals surface area contributed by atoms with Crippen molar-refractivity contribution in [2.24, 2.45) is 11.8 Å². The second kappa shape index (κ2) is 5.21. The average Bonchev–Trinajstić information content (AvgIpc) is 3.05. The van der Waals surface area contributed by atoms with Crippen molar-refractivity contribution in [1.82, 2.24) is 0 Å². The van der Waals surface area contributed by atoms with E-state index in [1.807, 2.05) is 4.90 Å². The Bertz CT molecular complexity index is 524. The van der Waals surface area contributed by atoms with Crippen LogP contribution in [0.25, 0.3) is 0 Å². The predicted molar refractivity (Wildman–Crippen MR) is 79.9 cm³/mol. The number of fused-ring (bicyclic) bond motifs is 1. The van der Waals surface area contributed by atoms with Crippen molar-refractivity contribution in [3.8, 4) is 0 Å². The van der Waals surface area contributed by atoms with Gasteiger partial charge < -0.3 is 9.64 Å². The Morgan fingerprint density at radius 2 is 2.20 bits per heavy atom. The molecule has 1 saturated heterocycles. The minimum Gasteiger partial charge on any atom is -0.368 e. The Morgan fingerprint density at radius 1 is 1.40 bits per heavy atom. The lowest BCUT2D eigenvalue weighted by molar-refractivity contribution is -0.129. The van der Waals surface area contributed by atoms with Crippen LogP contribution in [0.1, 0.15) is 31.4 Å². The number of nitrogens with zero attached hydrogens (tertiary/aromatic N) is 1. The van der Waals surface area contributed by atoms with Crippen LogP contribution in [0.3, 0.4) is 0 Å². The third kappa shape index (κ3) is 2.14. The molecule has 0 aliphatic carbocycles. The predicted octanol–water partition coefficient (Wildman–Crippen LogP) is 2.95. The van der Waals surface area contributed by atoms with Crippen LogP contribution in [-0.2, 0) is 16.0 Å². The Kier molecular flexibility index (Phi) is 3.55. The molecule has 0 bridgehead atoms. The van der Waals surface area contributed by atoms with Crippen LogP contribution in [0.5, 0.6) is 0 Å². The maximum Gasteiger partial charge on any atom is 0.256 e. The highest BCUT2D eigenvalue weighted by Gasteiger charge is 2.40. The van der Waals surface area contributed by atoms with E-state index in [0.717, 1.165) is 25.1 Å². The molecule has 3 heteroatoms. The van der Waals surface area contributed by atoms with E-state index in [2.05, 4.69) is 39.0 Å². The standard InChI is InChI=1S/C17H23NO2/c1-11(2)14-8-10-20-16(14)17(19)18-9-7-13-6-4-5-12(3)15(13)18/h4-6,11,14,16H,7-10H2,1-3H3/t14-,16-/m1/s1. The first kappa shape index (κ1) is 13.6. The van der Waals surface area contributed by atoms with Gasteiger partial charge in [0.05, 0.1) is 0 Å². The summed E-state index contributed by atoms with van der Waals surface area (Å²) in [5, 5.41) is 0. The number of benzene rings is 1. The number of ether oxygens (including phenoxy) is 1. The first-order chi connectivity index (χ1) is 9.59. The third-order valence-electron chi connectivity index (χ3n) is 4.70. The van der Waals surface area contributed by atoms with Crippen molar-refractivity contribution >= 4 is 11.6 Å². The zero-order valence-electron chi connectivity index (χ0n) is 12.6. The number of amides is 1. The van der Waals surface area contributed by atoms with E-state index in [1.54, 1.807) is 0 Å². The number of hydrogen-bond donors (Lipinski definition) is 0. The normalized spacial score (nSPS) is 25.3. The number of carbonyl (C=O) groups excluding carboxylic acids is 1. The molecular weight excluding hydrogens is 250 g/mol. The molecule has 2 aliphatic heterocycles. The molecule has 2 atom stereocenters. The minimum absolute atomic E-state index is 0.161. The number of rotatable bonds is 2. The summed E-state index contributed by atoms with van der Waals surface area (Å²) in [6.07, 6.45) is 1.71. The molecule has 1 amide bonds. The van der Waals surface area contributed by atoms with Gasteiger partial charge in [0.1, 0.15) is 6.10 Å². The molecule has 0 spiro atoms. The van der Waals surface area contributed by atoms with E-state index in [-0.39, 0.29) is 12.0 Å². The number of aryl methyl sites for hydroxylation is 1. The summed E-state index contributed by atoms with van der Waals surface area (Å²) in [6.45, 7) is 7.96. The summed E-state index contributed by atoms with van der Waals surface area (Å²) in [5.41, 5.74) is 3.60. The van der Waals surface area contributed by atoms with Gasteiger partial charge in [0, 0.05) is 18.8 Å². The summed E-state index contributed by atoms with van der Waals surface area (Å²) < 4.78 is 5.76. The molecule has 1 fully saturated rings. The van der Waals surface area contributed by atoms with Crippen LogP contribution >= 0.6 is 0 Å². The molecule has 3 rings (SSSR count). The van der Waals surface area contributed by atoms with Crippen LogP contribution < -0.4 is 4.90 Å². The van der Waals surface area contributed by atoms with Crippen molar-refractivity contribution in [2.45, 2.75) is 39.7 Å². The van der Waals surface area contributed by atoms with Crippen molar-refractivity contribution < 1.29 is 9.53 Å². The number of para-hydroxylation sites is 1. The van der Waals surface area contributed by atoms with Crippen LogP contribution in [0.4, 0.5) is 5.69 Å². The van der Waals surface area contributed by atoms with E-state index in [0.29, 0.717) is 18.4 Å². The molecule has 0 unspecified atom stereocenters. The fraction of sp³-hybridized carbons (Fsp3) is 0.588. The van der Waals surface area contributed by atoms with E-state index < -0.39 is 0 Å². The summed E-state index contributed by atoms with van der Waals surface area (Å²) >= 11 is 0. The summed E-state index contributed by atoms with van der Waals surface area (Å²) in [6, 6.07) is 6.29. The first-order valence-electron chi connectivity index (χ1n) is 7.61. The van der Waals surface area contributed by atoms with E-state index in [4.69, 9.17) is 4.74 Å². The Morgan fingerprint density at radius 3 is 2.95 bits per heavy atom. The summed E-state index contributed by atoms with van der Waals surface area (Å²) in [5.74, 6) is 1.01. The van der Waals surface area contributed by atoms with Crippen LogP contribution in [0.2, 0.25) is 0 Å². The highest BCUT2D eigenvalue weighted by Crippen LogP contribution is 2.35. The molecule has 1 aromatic carbocycles. The van der Waals surface area contributed by atoms with Crippen molar-refractivity contribution in [3.05, 3.63) is 29.3 Å². The lowest BCUT2D eigenvalue weighted by atomic mass is 9.89. The smallest absolute Gasteiger partial charge is 0.256 e. The van der Waals surface area contributed by atoms with Gasteiger partial charge >= 0.3 is 0 Å². The number of hydrogen-bond acceptors (Lipinski definition) is 2. The summed E-state index contributed by atoms with van der Waals surface area (Å²) in [7, 11) is 0. The maximum absolute atomic E-state index is 12.9. The molecule has 0 N–H and O–H groups in total. The number of anilines is 1. The second-order valence-electron chi connectivity index (χ2n) is 6.31. The molecule has 1 aromatic rings. The largest absolute Gasteiger partial charge is 0.368 e. The molecule has 108 valence electrons. The van der Waals surface area contributed by atoms with E-state index >= 15 is 0 Å². The molecule has 20 heavy (non-hydrogen) atoms. The molecular formula is C17H23NO2. The second-order valence-corrected chi connectivity index (χ2v) is 6.31. The quantitative estimate of drug-likeness (QED) is 0.829. The fourth-order valence-corrected chi connectivity index (χ4v) is 3.57. The topological polar surface area (TPSA) is 29.5 Å². The van der Waals surface area contributed by atoms with Crippen molar-refractivity contribution in [1.29, 1.82) is 0 Å². The van der Waals surface area contributed by atoms with E-state index in [9.17, 15) is 4.79 Å². The first-order valence-corrected chi connectivity index (χ1v) is 7.61. The van der Waals surface area contributed by atoms with Crippen LogP contribution in [0, 0.1) is 18.8 Å². The maximum atomic E-state index is 12.9. The molecule has 0 radical (unpaired) electrons. The highest BCUT2D eigenvalue weighted by atomic mass is 16.5. The van der Waals surface area contributed by atoms with Gasteiger partial charge in [-0.3, -0.25) is 4.79 Å². The van der Waals surface area contributed by atoms with Gasteiger partial charge in [0.2, 0.25) is 0 Å². The average molecular weight is 273 g/mol. The Balaban J connectivity index is 1.87. The summed E-state index contributed by atoms with van der Waals surface area (Å²) in [4.78, 5) is 14.8. The zero-order chi connectivity index (χ0) is 14.3.